The first-order valence-corrected chi connectivity index (χ1v) is 10.8. The van der Waals surface area contributed by atoms with Gasteiger partial charge in [0.1, 0.15) is 28.1 Å². The first-order valence-electron chi connectivity index (χ1n) is 10.0. The van der Waals surface area contributed by atoms with Gasteiger partial charge in [-0.3, -0.25) is 0 Å². The van der Waals surface area contributed by atoms with Crippen LogP contribution in [0.25, 0.3) is 21.5 Å². The maximum absolute atomic E-state index is 13.3. The predicted molar refractivity (Wildman–Crippen MR) is 121 cm³/mol. The van der Waals surface area contributed by atoms with E-state index in [0.29, 0.717) is 0 Å². The van der Waals surface area contributed by atoms with Crippen molar-refractivity contribution in [2.45, 2.75) is 13.8 Å². The van der Waals surface area contributed by atoms with E-state index in [9.17, 15) is 4.39 Å². The molecule has 0 unspecified atom stereocenters. The average molecular weight is 420 g/mol. The molecule has 0 saturated carbocycles. The molecule has 5 rings (SSSR count). The highest BCUT2D eigenvalue weighted by Crippen LogP contribution is 2.35. The molecule has 1 aliphatic heterocycles. The van der Waals surface area contributed by atoms with Crippen molar-refractivity contribution in [3.8, 4) is 11.3 Å². The minimum absolute atomic E-state index is 0.254. The summed E-state index contributed by atoms with van der Waals surface area (Å²) in [6.45, 7) is 8.03. The molecule has 1 aliphatic rings. The lowest BCUT2D eigenvalue weighted by atomic mass is 10.1. The molecular weight excluding hydrogens is 397 g/mol. The van der Waals surface area contributed by atoms with Gasteiger partial charge in [0, 0.05) is 37.4 Å². The molecule has 2 aromatic heterocycles. The van der Waals surface area contributed by atoms with Crippen LogP contribution in [0.5, 0.6) is 0 Å². The topological polar surface area (TPSA) is 45.2 Å². The van der Waals surface area contributed by atoms with Gasteiger partial charge in [-0.2, -0.15) is 4.37 Å². The van der Waals surface area contributed by atoms with Gasteiger partial charge < -0.3 is 9.80 Å². The minimum Gasteiger partial charge on any atom is -0.368 e. The van der Waals surface area contributed by atoms with Gasteiger partial charge in [-0.15, -0.1) is 0 Å². The fraction of sp³-hybridized carbons (Fsp3) is 0.261. The number of hydrogen-bond donors (Lipinski definition) is 0. The first kappa shape index (κ1) is 18.9. The number of anilines is 2. The standard InChI is InChI=1S/C23H22FN5S/c1-15-4-3-5-19(16(15)2)28-10-12-29(13-11-28)23-22-21(25-14-26-23)20(27-30-22)17-6-8-18(24)9-7-17/h3-9,14H,10-13H2,1-2H3. The van der Waals surface area contributed by atoms with Crippen LogP contribution >= 0.6 is 11.5 Å². The van der Waals surface area contributed by atoms with Gasteiger partial charge in [0.05, 0.1) is 0 Å². The molecule has 5 nitrogen and oxygen atoms in total. The van der Waals surface area contributed by atoms with E-state index in [1.165, 1.54) is 40.5 Å². The van der Waals surface area contributed by atoms with Crippen LogP contribution in [-0.2, 0) is 0 Å². The van der Waals surface area contributed by atoms with Crippen LogP contribution in [0.1, 0.15) is 11.1 Å². The van der Waals surface area contributed by atoms with Gasteiger partial charge in [0.2, 0.25) is 0 Å². The Morgan fingerprint density at radius 3 is 2.40 bits per heavy atom. The fourth-order valence-corrected chi connectivity index (χ4v) is 4.89. The van der Waals surface area contributed by atoms with E-state index >= 15 is 0 Å². The van der Waals surface area contributed by atoms with E-state index in [1.54, 1.807) is 18.5 Å². The summed E-state index contributed by atoms with van der Waals surface area (Å²) in [5.41, 5.74) is 6.47. The summed E-state index contributed by atoms with van der Waals surface area (Å²) in [7, 11) is 0. The number of fused-ring (bicyclic) bond motifs is 1. The average Bonchev–Trinajstić information content (AvgIpc) is 3.21. The second kappa shape index (κ2) is 7.65. The van der Waals surface area contributed by atoms with Crippen molar-refractivity contribution in [1.29, 1.82) is 0 Å². The summed E-state index contributed by atoms with van der Waals surface area (Å²) >= 11 is 1.41. The molecule has 7 heteroatoms. The van der Waals surface area contributed by atoms with Crippen LogP contribution in [0.15, 0.2) is 48.8 Å². The molecule has 1 fully saturated rings. The van der Waals surface area contributed by atoms with E-state index in [4.69, 9.17) is 0 Å². The number of halogens is 1. The molecule has 1 saturated heterocycles. The minimum atomic E-state index is -0.254. The quantitative estimate of drug-likeness (QED) is 0.476. The summed E-state index contributed by atoms with van der Waals surface area (Å²) in [5, 5.41) is 0. The van der Waals surface area contributed by atoms with Crippen LogP contribution in [0.4, 0.5) is 15.9 Å². The summed E-state index contributed by atoms with van der Waals surface area (Å²) < 4.78 is 18.9. The lowest BCUT2D eigenvalue weighted by Gasteiger charge is -2.37. The number of nitrogens with zero attached hydrogens (tertiary/aromatic N) is 5. The predicted octanol–water partition coefficient (Wildman–Crippen LogP) is 4.84. The maximum Gasteiger partial charge on any atom is 0.151 e. The van der Waals surface area contributed by atoms with Gasteiger partial charge in [0.15, 0.2) is 5.82 Å². The van der Waals surface area contributed by atoms with Crippen LogP contribution in [0.2, 0.25) is 0 Å². The Morgan fingerprint density at radius 1 is 0.900 bits per heavy atom. The molecule has 0 atom stereocenters. The monoisotopic (exact) mass is 419 g/mol. The normalized spacial score (nSPS) is 14.5. The smallest absolute Gasteiger partial charge is 0.151 e. The molecular formula is C23H22FN5S. The van der Waals surface area contributed by atoms with Crippen LogP contribution in [-0.4, -0.2) is 40.5 Å². The Kier molecular flexibility index (Phi) is 4.83. The van der Waals surface area contributed by atoms with E-state index in [0.717, 1.165) is 53.5 Å². The number of benzene rings is 2. The van der Waals surface area contributed by atoms with E-state index in [1.807, 2.05) is 0 Å². The van der Waals surface area contributed by atoms with Gasteiger partial charge in [-0.25, -0.2) is 14.4 Å². The third-order valence-corrected chi connectivity index (χ3v) is 6.68. The highest BCUT2D eigenvalue weighted by atomic mass is 32.1. The first-order chi connectivity index (χ1) is 14.6. The molecule has 152 valence electrons. The number of hydrogen-bond acceptors (Lipinski definition) is 6. The molecule has 0 spiro atoms. The zero-order chi connectivity index (χ0) is 20.7. The van der Waals surface area contributed by atoms with Crippen molar-refractivity contribution in [3.05, 3.63) is 65.7 Å². The van der Waals surface area contributed by atoms with Gasteiger partial charge in [-0.1, -0.05) is 12.1 Å². The van der Waals surface area contributed by atoms with Crippen molar-refractivity contribution >= 4 is 33.3 Å². The van der Waals surface area contributed by atoms with E-state index in [-0.39, 0.29) is 5.82 Å². The number of piperazine rings is 1. The maximum atomic E-state index is 13.3. The molecule has 0 amide bonds. The van der Waals surface area contributed by atoms with Crippen molar-refractivity contribution in [1.82, 2.24) is 14.3 Å². The Bertz CT molecular complexity index is 1200. The van der Waals surface area contributed by atoms with Gasteiger partial charge in [-0.05, 0) is 66.8 Å². The fourth-order valence-electron chi connectivity index (χ4n) is 4.01. The van der Waals surface area contributed by atoms with Crippen molar-refractivity contribution < 1.29 is 4.39 Å². The molecule has 30 heavy (non-hydrogen) atoms. The Labute approximate surface area is 179 Å². The SMILES string of the molecule is Cc1cccc(N2CCN(c3ncnc4c(-c5ccc(F)cc5)nsc34)CC2)c1C. The summed E-state index contributed by atoms with van der Waals surface area (Å²) in [6, 6.07) is 12.9. The summed E-state index contributed by atoms with van der Waals surface area (Å²) in [6.07, 6.45) is 1.61. The third-order valence-electron chi connectivity index (χ3n) is 5.85. The van der Waals surface area contributed by atoms with E-state index < -0.39 is 0 Å². The van der Waals surface area contributed by atoms with Gasteiger partial charge in [0.25, 0.3) is 0 Å². The summed E-state index contributed by atoms with van der Waals surface area (Å²) in [4.78, 5) is 13.8. The third kappa shape index (κ3) is 3.29. The second-order valence-corrected chi connectivity index (χ2v) is 8.38. The van der Waals surface area contributed by atoms with Crippen LogP contribution < -0.4 is 9.80 Å². The highest BCUT2D eigenvalue weighted by Gasteiger charge is 2.23. The molecule has 0 N–H and O–H groups in total. The number of aromatic nitrogens is 3. The highest BCUT2D eigenvalue weighted by molar-refractivity contribution is 7.14. The second-order valence-electron chi connectivity index (χ2n) is 7.61. The molecule has 4 aromatic rings. The Hall–Kier alpha value is -3.06. The molecule has 2 aromatic carbocycles. The van der Waals surface area contributed by atoms with Gasteiger partial charge >= 0.3 is 0 Å². The Balaban J connectivity index is 1.41. The van der Waals surface area contributed by atoms with Crippen molar-refractivity contribution in [2.24, 2.45) is 0 Å². The van der Waals surface area contributed by atoms with E-state index in [2.05, 4.69) is 56.2 Å². The van der Waals surface area contributed by atoms with Crippen LogP contribution in [0, 0.1) is 19.7 Å². The molecule has 3 heterocycles. The van der Waals surface area contributed by atoms with Crippen molar-refractivity contribution in [2.75, 3.05) is 36.0 Å². The largest absolute Gasteiger partial charge is 0.368 e. The zero-order valence-electron chi connectivity index (χ0n) is 17.0. The number of aryl methyl sites for hydroxylation is 1. The zero-order valence-corrected chi connectivity index (χ0v) is 17.8. The molecule has 0 bridgehead atoms. The van der Waals surface area contributed by atoms with Crippen molar-refractivity contribution in [3.63, 3.8) is 0 Å². The Morgan fingerprint density at radius 2 is 1.63 bits per heavy atom. The lowest BCUT2D eigenvalue weighted by molar-refractivity contribution is 0.628. The van der Waals surface area contributed by atoms with Crippen LogP contribution in [0.3, 0.4) is 0 Å². The molecule has 0 aliphatic carbocycles. The lowest BCUT2D eigenvalue weighted by Crippen LogP contribution is -2.47. The summed E-state index contributed by atoms with van der Waals surface area (Å²) in [5.74, 6) is 0.682. The number of rotatable bonds is 3. The molecule has 0 radical (unpaired) electrons.